The van der Waals surface area contributed by atoms with Crippen molar-refractivity contribution < 1.29 is 9.53 Å². The number of nitrogens with two attached hydrogens (primary N) is 1. The largest absolute Gasteiger partial charge is 0.383 e. The Balaban J connectivity index is 1.69. The highest BCUT2D eigenvalue weighted by Gasteiger charge is 2.13. The first-order chi connectivity index (χ1) is 13.2. The minimum atomic E-state index is -0.141. The fraction of sp³-hybridized carbons (Fsp3) is 0.222. The van der Waals surface area contributed by atoms with Crippen LogP contribution >= 0.6 is 0 Å². The van der Waals surface area contributed by atoms with Crippen LogP contribution in [0.15, 0.2) is 36.7 Å². The van der Waals surface area contributed by atoms with Crippen molar-refractivity contribution in [1.29, 1.82) is 0 Å². The van der Waals surface area contributed by atoms with Crippen molar-refractivity contribution in [1.82, 2.24) is 30.3 Å². The van der Waals surface area contributed by atoms with Gasteiger partial charge in [0.05, 0.1) is 17.8 Å². The van der Waals surface area contributed by atoms with Crippen LogP contribution in [0, 0.1) is 0 Å². The SMILES string of the molecule is COCCNC(=O)Cn1cc2c(n1)c(N)nc1cc(-c3ccn[nH]3)ccc12. The van der Waals surface area contributed by atoms with E-state index in [2.05, 4.69) is 25.6 Å². The Labute approximate surface area is 154 Å². The summed E-state index contributed by atoms with van der Waals surface area (Å²) >= 11 is 0. The summed E-state index contributed by atoms with van der Waals surface area (Å²) in [5.74, 6) is 0.190. The number of fused-ring (bicyclic) bond motifs is 3. The summed E-state index contributed by atoms with van der Waals surface area (Å²) in [4.78, 5) is 16.5. The number of hydrogen-bond acceptors (Lipinski definition) is 6. The number of H-pyrrole nitrogens is 1. The van der Waals surface area contributed by atoms with E-state index in [1.54, 1.807) is 18.0 Å². The highest BCUT2D eigenvalue weighted by molar-refractivity contribution is 6.08. The Kier molecular flexibility index (Phi) is 4.43. The molecule has 1 amide bonds. The number of rotatable bonds is 6. The van der Waals surface area contributed by atoms with Gasteiger partial charge in [-0.25, -0.2) is 4.98 Å². The number of carbonyl (C=O) groups excluding carboxylic acids is 1. The maximum absolute atomic E-state index is 12.0. The molecule has 0 spiro atoms. The Morgan fingerprint density at radius 2 is 2.22 bits per heavy atom. The van der Waals surface area contributed by atoms with Gasteiger partial charge in [0, 0.05) is 42.4 Å². The van der Waals surface area contributed by atoms with Gasteiger partial charge in [-0.15, -0.1) is 0 Å². The van der Waals surface area contributed by atoms with Crippen molar-refractivity contribution in [2.45, 2.75) is 6.54 Å². The lowest BCUT2D eigenvalue weighted by Crippen LogP contribution is -2.30. The molecule has 0 unspecified atom stereocenters. The minimum absolute atomic E-state index is 0.103. The summed E-state index contributed by atoms with van der Waals surface area (Å²) in [6.07, 6.45) is 3.52. The normalized spacial score (nSPS) is 11.3. The Morgan fingerprint density at radius 3 is 3.00 bits per heavy atom. The second-order valence-electron chi connectivity index (χ2n) is 6.13. The fourth-order valence-corrected chi connectivity index (χ4v) is 3.00. The predicted octanol–water partition coefficient (Wildman–Crippen LogP) is 1.32. The van der Waals surface area contributed by atoms with E-state index < -0.39 is 0 Å². The number of carbonyl (C=O) groups is 1. The van der Waals surface area contributed by atoms with Gasteiger partial charge in [-0.1, -0.05) is 12.1 Å². The summed E-state index contributed by atoms with van der Waals surface area (Å²) in [6.45, 7) is 1.03. The van der Waals surface area contributed by atoms with E-state index in [1.807, 2.05) is 30.5 Å². The number of nitrogen functional groups attached to an aromatic ring is 1. The third kappa shape index (κ3) is 3.32. The van der Waals surface area contributed by atoms with E-state index in [0.717, 1.165) is 27.5 Å². The Bertz CT molecular complexity index is 1100. The van der Waals surface area contributed by atoms with Crippen LogP contribution in [0.4, 0.5) is 5.82 Å². The molecule has 4 rings (SSSR count). The molecule has 27 heavy (non-hydrogen) atoms. The lowest BCUT2D eigenvalue weighted by Gasteiger charge is -2.03. The summed E-state index contributed by atoms with van der Waals surface area (Å²) in [6, 6.07) is 7.81. The second-order valence-corrected chi connectivity index (χ2v) is 6.13. The van der Waals surface area contributed by atoms with Gasteiger partial charge in [-0.2, -0.15) is 10.2 Å². The van der Waals surface area contributed by atoms with Gasteiger partial charge in [-0.05, 0) is 12.1 Å². The lowest BCUT2D eigenvalue weighted by atomic mass is 10.1. The first-order valence-corrected chi connectivity index (χ1v) is 8.47. The molecule has 0 saturated carbocycles. The number of methoxy groups -OCH3 is 1. The molecular formula is C18H19N7O2. The number of benzene rings is 1. The third-order valence-corrected chi connectivity index (χ3v) is 4.28. The van der Waals surface area contributed by atoms with E-state index in [4.69, 9.17) is 10.5 Å². The molecule has 0 aliphatic rings. The number of nitrogens with zero attached hydrogens (tertiary/aromatic N) is 4. The highest BCUT2D eigenvalue weighted by atomic mass is 16.5. The molecule has 0 saturated heterocycles. The van der Waals surface area contributed by atoms with Crippen LogP contribution in [0.3, 0.4) is 0 Å². The smallest absolute Gasteiger partial charge is 0.241 e. The standard InChI is InChI=1S/C18H19N7O2/c1-27-7-6-20-16(26)10-25-9-13-12-3-2-11(14-4-5-21-23-14)8-15(12)22-18(19)17(13)24-25/h2-5,8-9H,6-7,10H2,1H3,(H2,19,22)(H,20,26)(H,21,23). The monoisotopic (exact) mass is 365 g/mol. The quantitative estimate of drug-likeness (QED) is 0.443. The number of amides is 1. The average Bonchev–Trinajstić information content (AvgIpc) is 3.32. The van der Waals surface area contributed by atoms with Crippen LogP contribution in [-0.4, -0.2) is 51.1 Å². The molecule has 9 heteroatoms. The van der Waals surface area contributed by atoms with Crippen molar-refractivity contribution in [3.05, 3.63) is 36.7 Å². The van der Waals surface area contributed by atoms with Gasteiger partial charge in [-0.3, -0.25) is 14.6 Å². The van der Waals surface area contributed by atoms with E-state index in [0.29, 0.717) is 24.5 Å². The zero-order valence-electron chi connectivity index (χ0n) is 14.8. The molecule has 0 aliphatic heterocycles. The molecular weight excluding hydrogens is 346 g/mol. The zero-order valence-corrected chi connectivity index (χ0v) is 14.8. The average molecular weight is 365 g/mol. The van der Waals surface area contributed by atoms with Crippen molar-refractivity contribution in [2.24, 2.45) is 0 Å². The summed E-state index contributed by atoms with van der Waals surface area (Å²) in [5.41, 5.74) is 9.33. The number of aromatic nitrogens is 5. The molecule has 0 fully saturated rings. The van der Waals surface area contributed by atoms with E-state index in [-0.39, 0.29) is 12.5 Å². The second kappa shape index (κ2) is 7.04. The van der Waals surface area contributed by atoms with Gasteiger partial charge in [0.2, 0.25) is 5.91 Å². The summed E-state index contributed by atoms with van der Waals surface area (Å²) in [7, 11) is 1.59. The molecule has 1 aromatic carbocycles. The van der Waals surface area contributed by atoms with Crippen molar-refractivity contribution in [3.8, 4) is 11.3 Å². The fourth-order valence-electron chi connectivity index (χ4n) is 3.00. The molecule has 4 aromatic rings. The van der Waals surface area contributed by atoms with Crippen LogP contribution in [-0.2, 0) is 16.1 Å². The number of hydrogen-bond donors (Lipinski definition) is 3. The molecule has 9 nitrogen and oxygen atoms in total. The molecule has 0 aliphatic carbocycles. The van der Waals surface area contributed by atoms with Gasteiger partial charge >= 0.3 is 0 Å². The van der Waals surface area contributed by atoms with Crippen LogP contribution in [0.25, 0.3) is 33.1 Å². The van der Waals surface area contributed by atoms with Gasteiger partial charge in [0.15, 0.2) is 5.82 Å². The molecule has 3 aromatic heterocycles. The first kappa shape index (κ1) is 17.0. The molecule has 138 valence electrons. The maximum atomic E-state index is 12.0. The summed E-state index contributed by atoms with van der Waals surface area (Å²) < 4.78 is 6.50. The minimum Gasteiger partial charge on any atom is -0.383 e. The summed E-state index contributed by atoms with van der Waals surface area (Å²) in [5, 5.41) is 15.9. The number of nitrogens with one attached hydrogen (secondary N) is 2. The maximum Gasteiger partial charge on any atom is 0.241 e. The van der Waals surface area contributed by atoms with Crippen LogP contribution in [0.1, 0.15) is 0 Å². The van der Waals surface area contributed by atoms with Crippen molar-refractivity contribution >= 4 is 33.5 Å². The molecule has 3 heterocycles. The molecule has 0 bridgehead atoms. The number of anilines is 1. The van der Waals surface area contributed by atoms with Gasteiger partial charge in [0.25, 0.3) is 0 Å². The topological polar surface area (TPSA) is 124 Å². The van der Waals surface area contributed by atoms with Gasteiger partial charge < -0.3 is 15.8 Å². The predicted molar refractivity (Wildman–Crippen MR) is 102 cm³/mol. The van der Waals surface area contributed by atoms with Crippen molar-refractivity contribution in [2.75, 3.05) is 26.0 Å². The molecule has 0 atom stereocenters. The van der Waals surface area contributed by atoms with E-state index >= 15 is 0 Å². The molecule has 4 N–H and O–H groups in total. The van der Waals surface area contributed by atoms with Crippen LogP contribution in [0.2, 0.25) is 0 Å². The van der Waals surface area contributed by atoms with Crippen molar-refractivity contribution in [3.63, 3.8) is 0 Å². The van der Waals surface area contributed by atoms with E-state index in [1.165, 1.54) is 0 Å². The van der Waals surface area contributed by atoms with Gasteiger partial charge in [0.1, 0.15) is 12.1 Å². The number of pyridine rings is 1. The van der Waals surface area contributed by atoms with E-state index in [9.17, 15) is 4.79 Å². The van der Waals surface area contributed by atoms with Crippen LogP contribution in [0.5, 0.6) is 0 Å². The third-order valence-electron chi connectivity index (χ3n) is 4.28. The highest BCUT2D eigenvalue weighted by Crippen LogP contribution is 2.29. The van der Waals surface area contributed by atoms with Crippen LogP contribution < -0.4 is 11.1 Å². The first-order valence-electron chi connectivity index (χ1n) is 8.47. The molecule has 0 radical (unpaired) electrons. The number of ether oxygens (including phenoxy) is 1. The zero-order chi connectivity index (χ0) is 18.8. The number of aromatic amines is 1. The Hall–Kier alpha value is -3.46. The Morgan fingerprint density at radius 1 is 1.33 bits per heavy atom. The lowest BCUT2D eigenvalue weighted by molar-refractivity contribution is -0.122.